The van der Waals surface area contributed by atoms with Gasteiger partial charge in [-0.1, -0.05) is 48.2 Å². The van der Waals surface area contributed by atoms with E-state index in [1.54, 1.807) is 11.3 Å². The highest BCUT2D eigenvalue weighted by atomic mass is 35.5. The van der Waals surface area contributed by atoms with E-state index in [2.05, 4.69) is 16.4 Å². The minimum Gasteiger partial charge on any atom is -0.380 e. The van der Waals surface area contributed by atoms with Gasteiger partial charge in [-0.05, 0) is 19.8 Å². The third kappa shape index (κ3) is 3.50. The second kappa shape index (κ2) is 7.39. The van der Waals surface area contributed by atoms with Gasteiger partial charge in [0.2, 0.25) is 0 Å². The van der Waals surface area contributed by atoms with Gasteiger partial charge in [-0.3, -0.25) is 0 Å². The van der Waals surface area contributed by atoms with Crippen LogP contribution in [0.25, 0.3) is 10.2 Å². The van der Waals surface area contributed by atoms with Crippen LogP contribution in [0.4, 0.5) is 5.69 Å². The number of hydrogen-bond acceptors (Lipinski definition) is 4. The summed E-state index contributed by atoms with van der Waals surface area (Å²) in [7, 11) is 0. The summed E-state index contributed by atoms with van der Waals surface area (Å²) in [5.41, 5.74) is 8.12. The van der Waals surface area contributed by atoms with Crippen LogP contribution < -0.4 is 11.1 Å². The van der Waals surface area contributed by atoms with Crippen molar-refractivity contribution in [3.8, 4) is 0 Å². The first-order valence-electron chi connectivity index (χ1n) is 8.01. The Morgan fingerprint density at radius 3 is 2.91 bits per heavy atom. The molecule has 0 unspecified atom stereocenters. The fraction of sp³-hybridized carbons (Fsp3) is 0.471. The van der Waals surface area contributed by atoms with Gasteiger partial charge < -0.3 is 11.1 Å². The summed E-state index contributed by atoms with van der Waals surface area (Å²) >= 11 is 14.5. The average molecular weight is 370 g/mol. The Labute approximate surface area is 150 Å². The van der Waals surface area contributed by atoms with Crippen LogP contribution in [0.15, 0.2) is 18.2 Å². The number of fused-ring (bicyclic) bond motifs is 1. The average Bonchev–Trinajstić information content (AvgIpc) is 2.85. The maximum Gasteiger partial charge on any atom is 0.131 e. The highest BCUT2D eigenvalue weighted by Crippen LogP contribution is 2.46. The highest BCUT2D eigenvalue weighted by molar-refractivity contribution is 7.20. The van der Waals surface area contributed by atoms with Crippen LogP contribution in [-0.2, 0) is 0 Å². The van der Waals surface area contributed by atoms with Gasteiger partial charge in [0.1, 0.15) is 10.7 Å². The van der Waals surface area contributed by atoms with Crippen molar-refractivity contribution >= 4 is 50.4 Å². The molecule has 1 aliphatic carbocycles. The Kier molecular flexibility index (Phi) is 5.47. The molecule has 3 rings (SSSR count). The monoisotopic (exact) mass is 369 g/mol. The Morgan fingerprint density at radius 2 is 2.17 bits per heavy atom. The van der Waals surface area contributed by atoms with E-state index in [0.717, 1.165) is 45.2 Å². The molecule has 2 aromatic rings. The maximum atomic E-state index is 6.65. The number of pyridine rings is 1. The van der Waals surface area contributed by atoms with Gasteiger partial charge in [-0.15, -0.1) is 11.3 Å². The van der Waals surface area contributed by atoms with Crippen molar-refractivity contribution in [3.05, 3.63) is 33.3 Å². The molecule has 0 saturated heterocycles. The Bertz CT molecular complexity index is 726. The molecule has 0 aromatic carbocycles. The first kappa shape index (κ1) is 17.0. The van der Waals surface area contributed by atoms with Crippen LogP contribution in [-0.4, -0.2) is 17.6 Å². The number of nitrogens with zero attached hydrogens (tertiary/aromatic N) is 1. The second-order valence-corrected chi connectivity index (χ2v) is 7.77. The molecule has 23 heavy (non-hydrogen) atoms. The van der Waals surface area contributed by atoms with E-state index in [-0.39, 0.29) is 6.04 Å². The molecular formula is C17H21Cl2N3S. The zero-order valence-electron chi connectivity index (χ0n) is 13.1. The normalized spacial score (nSPS) is 22.1. The fourth-order valence-corrected chi connectivity index (χ4v) is 5.15. The van der Waals surface area contributed by atoms with Crippen molar-refractivity contribution < 1.29 is 0 Å². The molecule has 3 N–H and O–H groups in total. The van der Waals surface area contributed by atoms with Gasteiger partial charge in [-0.2, -0.15) is 0 Å². The van der Waals surface area contributed by atoms with Crippen molar-refractivity contribution in [3.63, 3.8) is 0 Å². The van der Waals surface area contributed by atoms with Gasteiger partial charge in [0.15, 0.2) is 0 Å². The number of nitrogens with two attached hydrogens (primary N) is 1. The topological polar surface area (TPSA) is 50.9 Å². The molecule has 6 heteroatoms. The summed E-state index contributed by atoms with van der Waals surface area (Å²) < 4.78 is 1.07. The number of halogens is 2. The summed E-state index contributed by atoms with van der Waals surface area (Å²) in [6, 6.07) is 2.05. The van der Waals surface area contributed by atoms with Gasteiger partial charge >= 0.3 is 0 Å². The molecule has 0 bridgehead atoms. The predicted molar refractivity (Wildman–Crippen MR) is 102 cm³/mol. The third-order valence-electron chi connectivity index (χ3n) is 4.38. The van der Waals surface area contributed by atoms with Crippen molar-refractivity contribution in [1.29, 1.82) is 0 Å². The number of aromatic nitrogens is 1. The number of nitrogens with one attached hydrogen (secondary N) is 1. The third-order valence-corrected chi connectivity index (χ3v) is 6.41. The molecular weight excluding hydrogens is 349 g/mol. The molecule has 0 aliphatic heterocycles. The predicted octanol–water partition coefficient (Wildman–Crippen LogP) is 5.58. The SMILES string of the molecule is C/C=C\CNc1cc(Cl)nc2c(Cl)c([C@H]3CCCC[C@@H]3N)sc12. The summed E-state index contributed by atoms with van der Waals surface area (Å²) in [6.45, 7) is 2.75. The quantitative estimate of drug-likeness (QED) is 0.546. The van der Waals surface area contributed by atoms with Crippen molar-refractivity contribution in [2.45, 2.75) is 44.6 Å². The molecule has 2 atom stereocenters. The zero-order chi connectivity index (χ0) is 16.4. The molecule has 2 heterocycles. The molecule has 124 valence electrons. The summed E-state index contributed by atoms with van der Waals surface area (Å²) in [5.74, 6) is 0.331. The Hall–Kier alpha value is -0.810. The second-order valence-electron chi connectivity index (χ2n) is 5.96. The number of thiophene rings is 1. The molecule has 1 fully saturated rings. The van der Waals surface area contributed by atoms with E-state index in [4.69, 9.17) is 28.9 Å². The molecule has 1 aliphatic rings. The maximum absolute atomic E-state index is 6.65. The highest BCUT2D eigenvalue weighted by Gasteiger charge is 2.29. The minimum atomic E-state index is 0.184. The standard InChI is InChI=1S/C17H21Cl2N3S/c1-2-3-8-21-12-9-13(18)22-15-14(19)16(23-17(12)15)10-6-4-5-7-11(10)20/h2-3,9-11H,4-8,20H2,1H3,(H,21,22)/b3-2-/t10-,11-/m0/s1. The van der Waals surface area contributed by atoms with Crippen LogP contribution in [0.2, 0.25) is 10.2 Å². The molecule has 0 spiro atoms. The lowest BCUT2D eigenvalue weighted by Gasteiger charge is -2.27. The number of rotatable bonds is 4. The first-order chi connectivity index (χ1) is 11.1. The van der Waals surface area contributed by atoms with Crippen molar-refractivity contribution in [2.75, 3.05) is 11.9 Å². The van der Waals surface area contributed by atoms with Crippen LogP contribution in [0.1, 0.15) is 43.4 Å². The number of anilines is 1. The van der Waals surface area contributed by atoms with E-state index >= 15 is 0 Å². The minimum absolute atomic E-state index is 0.184. The summed E-state index contributed by atoms with van der Waals surface area (Å²) in [5, 5.41) is 4.58. The van der Waals surface area contributed by atoms with E-state index < -0.39 is 0 Å². The fourth-order valence-electron chi connectivity index (χ4n) is 3.17. The summed E-state index contributed by atoms with van der Waals surface area (Å²) in [4.78, 5) is 5.61. The zero-order valence-corrected chi connectivity index (χ0v) is 15.4. The van der Waals surface area contributed by atoms with Gasteiger partial charge in [-0.25, -0.2) is 4.98 Å². The summed E-state index contributed by atoms with van der Waals surface area (Å²) in [6.07, 6.45) is 8.66. The lowest BCUT2D eigenvalue weighted by molar-refractivity contribution is 0.389. The smallest absolute Gasteiger partial charge is 0.131 e. The van der Waals surface area contributed by atoms with E-state index in [9.17, 15) is 0 Å². The first-order valence-corrected chi connectivity index (χ1v) is 9.58. The van der Waals surface area contributed by atoms with Crippen LogP contribution in [0.5, 0.6) is 0 Å². The van der Waals surface area contributed by atoms with E-state index in [1.165, 1.54) is 12.8 Å². The van der Waals surface area contributed by atoms with Gasteiger partial charge in [0.05, 0.1) is 15.4 Å². The van der Waals surface area contributed by atoms with Crippen LogP contribution >= 0.6 is 34.5 Å². The molecule has 1 saturated carbocycles. The van der Waals surface area contributed by atoms with Gasteiger partial charge in [0, 0.05) is 29.4 Å². The Balaban J connectivity index is 2.04. The Morgan fingerprint density at radius 1 is 1.39 bits per heavy atom. The van der Waals surface area contributed by atoms with Gasteiger partial charge in [0.25, 0.3) is 0 Å². The molecule has 3 nitrogen and oxygen atoms in total. The van der Waals surface area contributed by atoms with Crippen molar-refractivity contribution in [1.82, 2.24) is 4.98 Å². The van der Waals surface area contributed by atoms with Crippen molar-refractivity contribution in [2.24, 2.45) is 5.73 Å². The van der Waals surface area contributed by atoms with Crippen LogP contribution in [0, 0.1) is 0 Å². The van der Waals surface area contributed by atoms with E-state index in [1.807, 2.05) is 19.1 Å². The molecule has 0 amide bonds. The molecule has 0 radical (unpaired) electrons. The largest absolute Gasteiger partial charge is 0.380 e. The lowest BCUT2D eigenvalue weighted by atomic mass is 9.84. The number of allylic oxidation sites excluding steroid dienone is 1. The lowest BCUT2D eigenvalue weighted by Crippen LogP contribution is -2.30. The molecule has 2 aromatic heterocycles. The number of hydrogen-bond donors (Lipinski definition) is 2. The van der Waals surface area contributed by atoms with E-state index in [0.29, 0.717) is 11.1 Å². The van der Waals surface area contributed by atoms with Crippen LogP contribution in [0.3, 0.4) is 0 Å².